The molecule has 0 aliphatic carbocycles. The number of rotatable bonds is 11. The maximum Gasteiger partial charge on any atom is 0.0650 e. The van der Waals surface area contributed by atoms with Gasteiger partial charge in [0.05, 0.1) is 5.60 Å². The highest BCUT2D eigenvalue weighted by atomic mass is 16.3. The van der Waals surface area contributed by atoms with Gasteiger partial charge in [-0.05, 0) is 95.3 Å². The van der Waals surface area contributed by atoms with Crippen LogP contribution in [0, 0.1) is 0 Å². The molecule has 0 atom stereocenters. The molecule has 4 aromatic rings. The number of hydrogen-bond donors (Lipinski definition) is 1. The minimum atomic E-state index is -0.502. The first kappa shape index (κ1) is 23.5. The Balaban J connectivity index is 1.40. The number of hydrogen-bond acceptors (Lipinski definition) is 1. The van der Waals surface area contributed by atoms with Crippen molar-refractivity contribution < 1.29 is 5.11 Å². The van der Waals surface area contributed by atoms with Crippen molar-refractivity contribution >= 4 is 21.5 Å². The first-order chi connectivity index (χ1) is 16.1. The lowest BCUT2D eigenvalue weighted by Gasteiger charge is -2.27. The van der Waals surface area contributed by atoms with Crippen LogP contribution < -0.4 is 0 Å². The van der Waals surface area contributed by atoms with Gasteiger partial charge < -0.3 is 5.11 Å². The van der Waals surface area contributed by atoms with Gasteiger partial charge in [-0.3, -0.25) is 0 Å². The fourth-order valence-electron chi connectivity index (χ4n) is 5.36. The second-order valence-corrected chi connectivity index (χ2v) is 9.74. The number of aliphatic hydroxyl groups is 1. The molecule has 172 valence electrons. The van der Waals surface area contributed by atoms with Crippen molar-refractivity contribution in [2.24, 2.45) is 0 Å². The third-order valence-electron chi connectivity index (χ3n) is 7.05. The van der Waals surface area contributed by atoms with Crippen LogP contribution in [0.5, 0.6) is 0 Å². The van der Waals surface area contributed by atoms with Gasteiger partial charge in [0.1, 0.15) is 0 Å². The summed E-state index contributed by atoms with van der Waals surface area (Å²) < 4.78 is 0. The van der Waals surface area contributed by atoms with Crippen LogP contribution in [0.25, 0.3) is 21.5 Å². The van der Waals surface area contributed by atoms with E-state index in [1.807, 2.05) is 0 Å². The smallest absolute Gasteiger partial charge is 0.0650 e. The van der Waals surface area contributed by atoms with Crippen molar-refractivity contribution in [1.82, 2.24) is 0 Å². The van der Waals surface area contributed by atoms with Crippen LogP contribution >= 0.6 is 0 Å². The van der Waals surface area contributed by atoms with Crippen molar-refractivity contribution in [3.8, 4) is 0 Å². The Morgan fingerprint density at radius 3 is 1.97 bits per heavy atom. The highest BCUT2D eigenvalue weighted by Crippen LogP contribution is 2.28. The van der Waals surface area contributed by atoms with E-state index in [2.05, 4.69) is 92.7 Å². The summed E-state index contributed by atoms with van der Waals surface area (Å²) in [5, 5.41) is 16.3. The Morgan fingerprint density at radius 2 is 1.24 bits per heavy atom. The molecule has 0 aliphatic rings. The van der Waals surface area contributed by atoms with Gasteiger partial charge in [-0.15, -0.1) is 0 Å². The SMILES string of the molecule is CCCC(O)(CCC)CCc1cccc(CCCc2cccc3cc4ccccc4cc23)c1. The Bertz CT molecular complexity index is 1180. The zero-order valence-corrected chi connectivity index (χ0v) is 20.3. The van der Waals surface area contributed by atoms with Crippen molar-refractivity contribution in [1.29, 1.82) is 0 Å². The standard InChI is InChI=1S/C32H38O/c1-3-19-32(33,20-4-2)21-18-26-11-7-10-25(22-26)12-8-15-27-16-9-17-30-23-28-13-5-6-14-29(28)24-31(27)30/h5-7,9-11,13-14,16-17,22-24,33H,3-4,8,12,15,18-21H2,1-2H3. The van der Waals surface area contributed by atoms with Gasteiger partial charge >= 0.3 is 0 Å². The zero-order chi connectivity index (χ0) is 23.1. The fraction of sp³-hybridized carbons (Fsp3) is 0.375. The van der Waals surface area contributed by atoms with Crippen LogP contribution in [-0.2, 0) is 19.3 Å². The maximum atomic E-state index is 11.0. The Morgan fingerprint density at radius 1 is 0.606 bits per heavy atom. The molecule has 0 spiro atoms. The topological polar surface area (TPSA) is 20.2 Å². The molecule has 0 heterocycles. The fourth-order valence-corrected chi connectivity index (χ4v) is 5.36. The molecule has 0 unspecified atom stereocenters. The summed E-state index contributed by atoms with van der Waals surface area (Å²) in [5.41, 5.74) is 3.71. The average Bonchev–Trinajstić information content (AvgIpc) is 2.82. The monoisotopic (exact) mass is 438 g/mol. The zero-order valence-electron chi connectivity index (χ0n) is 20.3. The predicted octanol–water partition coefficient (Wildman–Crippen LogP) is 8.43. The van der Waals surface area contributed by atoms with Crippen LogP contribution in [0.2, 0.25) is 0 Å². The third-order valence-corrected chi connectivity index (χ3v) is 7.05. The van der Waals surface area contributed by atoms with Crippen LogP contribution in [0.1, 0.15) is 69.1 Å². The second-order valence-electron chi connectivity index (χ2n) is 9.74. The normalized spacial score (nSPS) is 12.0. The van der Waals surface area contributed by atoms with Crippen molar-refractivity contribution in [2.45, 2.75) is 77.2 Å². The number of benzene rings is 4. The largest absolute Gasteiger partial charge is 0.390 e. The molecular weight excluding hydrogens is 400 g/mol. The Kier molecular flexibility index (Phi) is 7.83. The molecule has 0 bridgehead atoms. The molecule has 0 radical (unpaired) electrons. The molecule has 0 saturated carbocycles. The molecule has 0 fully saturated rings. The van der Waals surface area contributed by atoms with Gasteiger partial charge in [-0.2, -0.15) is 0 Å². The predicted molar refractivity (Wildman–Crippen MR) is 143 cm³/mol. The highest BCUT2D eigenvalue weighted by Gasteiger charge is 2.24. The molecule has 1 heteroatoms. The van der Waals surface area contributed by atoms with Crippen LogP contribution in [0.15, 0.2) is 78.9 Å². The molecule has 0 aromatic heterocycles. The summed E-state index contributed by atoms with van der Waals surface area (Å²) >= 11 is 0. The lowest BCUT2D eigenvalue weighted by molar-refractivity contribution is 0.0132. The maximum absolute atomic E-state index is 11.0. The summed E-state index contributed by atoms with van der Waals surface area (Å²) in [4.78, 5) is 0. The van der Waals surface area contributed by atoms with Crippen molar-refractivity contribution in [3.63, 3.8) is 0 Å². The van der Waals surface area contributed by atoms with E-state index in [0.717, 1.165) is 57.8 Å². The van der Waals surface area contributed by atoms with E-state index in [4.69, 9.17) is 0 Å². The minimum Gasteiger partial charge on any atom is -0.390 e. The van der Waals surface area contributed by atoms with Gasteiger partial charge in [0.15, 0.2) is 0 Å². The molecular formula is C32H38O. The van der Waals surface area contributed by atoms with Crippen LogP contribution in [0.3, 0.4) is 0 Å². The summed E-state index contributed by atoms with van der Waals surface area (Å²) in [6.45, 7) is 4.33. The van der Waals surface area contributed by atoms with Crippen LogP contribution in [-0.4, -0.2) is 10.7 Å². The summed E-state index contributed by atoms with van der Waals surface area (Å²) in [6.07, 6.45) is 9.04. The van der Waals surface area contributed by atoms with Crippen molar-refractivity contribution in [2.75, 3.05) is 0 Å². The van der Waals surface area contributed by atoms with Crippen LogP contribution in [0.4, 0.5) is 0 Å². The average molecular weight is 439 g/mol. The van der Waals surface area contributed by atoms with Gasteiger partial charge in [0, 0.05) is 0 Å². The Hall–Kier alpha value is -2.64. The minimum absolute atomic E-state index is 0.502. The van der Waals surface area contributed by atoms with E-state index in [0.29, 0.717) is 0 Å². The summed E-state index contributed by atoms with van der Waals surface area (Å²) in [5.74, 6) is 0. The molecule has 33 heavy (non-hydrogen) atoms. The van der Waals surface area contributed by atoms with E-state index in [1.165, 1.54) is 38.2 Å². The second kappa shape index (κ2) is 11.0. The highest BCUT2D eigenvalue weighted by molar-refractivity contribution is 5.99. The van der Waals surface area contributed by atoms with Gasteiger partial charge in [-0.25, -0.2) is 0 Å². The first-order valence-electron chi connectivity index (χ1n) is 12.8. The van der Waals surface area contributed by atoms with Crippen molar-refractivity contribution in [3.05, 3.63) is 95.6 Å². The lowest BCUT2D eigenvalue weighted by atomic mass is 9.86. The summed E-state index contributed by atoms with van der Waals surface area (Å²) in [7, 11) is 0. The lowest BCUT2D eigenvalue weighted by Crippen LogP contribution is -2.28. The molecule has 0 saturated heterocycles. The van der Waals surface area contributed by atoms with Gasteiger partial charge in [0.2, 0.25) is 0 Å². The van der Waals surface area contributed by atoms with E-state index in [1.54, 1.807) is 0 Å². The molecule has 4 rings (SSSR count). The van der Waals surface area contributed by atoms with E-state index < -0.39 is 5.60 Å². The van der Waals surface area contributed by atoms with Gasteiger partial charge in [0.25, 0.3) is 0 Å². The van der Waals surface area contributed by atoms with E-state index in [9.17, 15) is 5.11 Å². The molecule has 1 nitrogen and oxygen atoms in total. The van der Waals surface area contributed by atoms with E-state index >= 15 is 0 Å². The van der Waals surface area contributed by atoms with E-state index in [-0.39, 0.29) is 0 Å². The Labute approximate surface area is 199 Å². The first-order valence-corrected chi connectivity index (χ1v) is 12.8. The summed E-state index contributed by atoms with van der Waals surface area (Å²) in [6, 6.07) is 29.0. The third kappa shape index (κ3) is 6.03. The quantitative estimate of drug-likeness (QED) is 0.233. The number of fused-ring (bicyclic) bond motifs is 2. The molecule has 1 N–H and O–H groups in total. The molecule has 0 aliphatic heterocycles. The number of aryl methyl sites for hydroxylation is 3. The molecule has 4 aromatic carbocycles. The van der Waals surface area contributed by atoms with Gasteiger partial charge in [-0.1, -0.05) is 93.4 Å². The molecule has 0 amide bonds.